The number of hydrogen-bond donors (Lipinski definition) is 1. The van der Waals surface area contributed by atoms with E-state index in [0.29, 0.717) is 0 Å². The van der Waals surface area contributed by atoms with Gasteiger partial charge in [-0.1, -0.05) is 13.8 Å². The van der Waals surface area contributed by atoms with E-state index in [9.17, 15) is 0 Å². The number of amidine groups is 1. The SMILES string of the molecule is CC1(C)CCCN=C1N. The van der Waals surface area contributed by atoms with Crippen LogP contribution in [-0.4, -0.2) is 12.4 Å². The Kier molecular flexibility index (Phi) is 1.47. The van der Waals surface area contributed by atoms with Crippen molar-refractivity contribution in [1.29, 1.82) is 0 Å². The normalized spacial score (nSPS) is 25.3. The van der Waals surface area contributed by atoms with Crippen LogP contribution >= 0.6 is 0 Å². The Morgan fingerprint density at radius 1 is 1.56 bits per heavy atom. The average molecular weight is 126 g/mol. The highest BCUT2D eigenvalue weighted by atomic mass is 14.9. The highest BCUT2D eigenvalue weighted by Crippen LogP contribution is 2.25. The second-order valence-electron chi connectivity index (χ2n) is 3.25. The molecule has 0 aromatic rings. The van der Waals surface area contributed by atoms with Crippen LogP contribution in [-0.2, 0) is 0 Å². The minimum absolute atomic E-state index is 0.165. The first kappa shape index (κ1) is 6.59. The monoisotopic (exact) mass is 126 g/mol. The van der Waals surface area contributed by atoms with E-state index in [1.54, 1.807) is 0 Å². The van der Waals surface area contributed by atoms with Gasteiger partial charge in [0, 0.05) is 12.0 Å². The summed E-state index contributed by atoms with van der Waals surface area (Å²) in [6.45, 7) is 5.21. The van der Waals surface area contributed by atoms with Gasteiger partial charge in [-0.3, -0.25) is 4.99 Å². The molecule has 1 heterocycles. The molecule has 0 bridgehead atoms. The Balaban J connectivity index is 2.73. The maximum atomic E-state index is 5.66. The van der Waals surface area contributed by atoms with E-state index in [2.05, 4.69) is 18.8 Å². The Hall–Kier alpha value is -0.530. The van der Waals surface area contributed by atoms with Gasteiger partial charge < -0.3 is 5.73 Å². The Morgan fingerprint density at radius 2 is 2.22 bits per heavy atom. The van der Waals surface area contributed by atoms with Crippen LogP contribution in [0.2, 0.25) is 0 Å². The van der Waals surface area contributed by atoms with Crippen molar-refractivity contribution in [2.24, 2.45) is 16.1 Å². The van der Waals surface area contributed by atoms with Crippen molar-refractivity contribution in [3.05, 3.63) is 0 Å². The summed E-state index contributed by atoms with van der Waals surface area (Å²) in [6, 6.07) is 0. The second kappa shape index (κ2) is 2.01. The van der Waals surface area contributed by atoms with Gasteiger partial charge in [0.2, 0.25) is 0 Å². The number of aliphatic imine (C=N–C) groups is 1. The van der Waals surface area contributed by atoms with Crippen molar-refractivity contribution in [1.82, 2.24) is 0 Å². The number of nitrogens with two attached hydrogens (primary N) is 1. The fourth-order valence-corrected chi connectivity index (χ4v) is 1.06. The molecule has 1 aliphatic heterocycles. The highest BCUT2D eigenvalue weighted by Gasteiger charge is 2.24. The minimum Gasteiger partial charge on any atom is -0.387 e. The molecule has 1 rings (SSSR count). The molecule has 0 aromatic heterocycles. The van der Waals surface area contributed by atoms with E-state index >= 15 is 0 Å². The summed E-state index contributed by atoms with van der Waals surface area (Å²) in [7, 11) is 0. The molecular weight excluding hydrogens is 112 g/mol. The van der Waals surface area contributed by atoms with Gasteiger partial charge in [0.15, 0.2) is 0 Å². The quantitative estimate of drug-likeness (QED) is 0.519. The van der Waals surface area contributed by atoms with Crippen LogP contribution in [0.4, 0.5) is 0 Å². The molecule has 0 atom stereocenters. The molecule has 0 fully saturated rings. The first-order valence-corrected chi connectivity index (χ1v) is 3.43. The summed E-state index contributed by atoms with van der Waals surface area (Å²) in [4.78, 5) is 4.18. The molecule has 9 heavy (non-hydrogen) atoms. The Labute approximate surface area is 56.2 Å². The first-order valence-electron chi connectivity index (χ1n) is 3.43. The van der Waals surface area contributed by atoms with Crippen molar-refractivity contribution in [2.45, 2.75) is 26.7 Å². The summed E-state index contributed by atoms with van der Waals surface area (Å²) in [5, 5.41) is 0. The van der Waals surface area contributed by atoms with E-state index in [4.69, 9.17) is 5.73 Å². The van der Waals surface area contributed by atoms with Gasteiger partial charge in [-0.25, -0.2) is 0 Å². The molecule has 0 unspecified atom stereocenters. The largest absolute Gasteiger partial charge is 0.387 e. The van der Waals surface area contributed by atoms with Gasteiger partial charge in [0.05, 0.1) is 5.84 Å². The zero-order valence-corrected chi connectivity index (χ0v) is 6.15. The number of nitrogens with zero attached hydrogens (tertiary/aromatic N) is 1. The molecule has 1 aliphatic rings. The molecule has 0 radical (unpaired) electrons. The van der Waals surface area contributed by atoms with Crippen LogP contribution in [0.25, 0.3) is 0 Å². The maximum Gasteiger partial charge on any atom is 0.0994 e. The summed E-state index contributed by atoms with van der Waals surface area (Å²) in [5.74, 6) is 0.828. The van der Waals surface area contributed by atoms with Gasteiger partial charge in [-0.05, 0) is 12.8 Å². The third-order valence-electron chi connectivity index (χ3n) is 1.94. The van der Waals surface area contributed by atoms with Crippen LogP contribution in [0.1, 0.15) is 26.7 Å². The van der Waals surface area contributed by atoms with Crippen LogP contribution in [0, 0.1) is 5.41 Å². The molecule has 0 saturated heterocycles. The van der Waals surface area contributed by atoms with Gasteiger partial charge in [0.1, 0.15) is 0 Å². The Morgan fingerprint density at radius 3 is 2.56 bits per heavy atom. The molecule has 2 nitrogen and oxygen atoms in total. The lowest BCUT2D eigenvalue weighted by Gasteiger charge is -2.27. The lowest BCUT2D eigenvalue weighted by atomic mass is 9.85. The maximum absolute atomic E-state index is 5.66. The standard InChI is InChI=1S/C7H14N2/c1-7(2)4-3-5-9-6(7)8/h3-5H2,1-2H3,(H2,8,9). The van der Waals surface area contributed by atoms with Gasteiger partial charge in [0.25, 0.3) is 0 Å². The first-order chi connectivity index (χ1) is 4.13. The predicted molar refractivity (Wildman–Crippen MR) is 39.5 cm³/mol. The summed E-state index contributed by atoms with van der Waals surface area (Å²) in [6.07, 6.45) is 2.37. The van der Waals surface area contributed by atoms with E-state index in [1.165, 1.54) is 12.8 Å². The third kappa shape index (κ3) is 1.23. The second-order valence-corrected chi connectivity index (χ2v) is 3.25. The van der Waals surface area contributed by atoms with Gasteiger partial charge in [-0.15, -0.1) is 0 Å². The molecule has 0 aromatic carbocycles. The summed E-state index contributed by atoms with van der Waals surface area (Å²) >= 11 is 0. The van der Waals surface area contributed by atoms with Crippen molar-refractivity contribution >= 4 is 5.84 Å². The van der Waals surface area contributed by atoms with E-state index in [1.807, 2.05) is 0 Å². The van der Waals surface area contributed by atoms with Crippen molar-refractivity contribution in [3.8, 4) is 0 Å². The van der Waals surface area contributed by atoms with Crippen molar-refractivity contribution < 1.29 is 0 Å². The topological polar surface area (TPSA) is 38.4 Å². The van der Waals surface area contributed by atoms with Crippen molar-refractivity contribution in [3.63, 3.8) is 0 Å². The molecule has 2 N–H and O–H groups in total. The third-order valence-corrected chi connectivity index (χ3v) is 1.94. The number of hydrogen-bond acceptors (Lipinski definition) is 2. The lowest BCUT2D eigenvalue weighted by molar-refractivity contribution is 0.435. The van der Waals surface area contributed by atoms with Crippen LogP contribution in [0.5, 0.6) is 0 Å². The highest BCUT2D eigenvalue weighted by molar-refractivity contribution is 5.86. The van der Waals surface area contributed by atoms with Crippen LogP contribution in [0.3, 0.4) is 0 Å². The fraction of sp³-hybridized carbons (Fsp3) is 0.857. The smallest absolute Gasteiger partial charge is 0.0994 e. The lowest BCUT2D eigenvalue weighted by Crippen LogP contribution is -2.34. The number of rotatable bonds is 0. The van der Waals surface area contributed by atoms with E-state index in [0.717, 1.165) is 12.4 Å². The molecule has 2 heteroatoms. The molecule has 0 saturated carbocycles. The zero-order chi connectivity index (χ0) is 6.91. The van der Waals surface area contributed by atoms with E-state index < -0.39 is 0 Å². The molecule has 0 aliphatic carbocycles. The molecule has 52 valence electrons. The van der Waals surface area contributed by atoms with Crippen molar-refractivity contribution in [2.75, 3.05) is 6.54 Å². The fourth-order valence-electron chi connectivity index (χ4n) is 1.06. The summed E-state index contributed by atoms with van der Waals surface area (Å²) in [5.41, 5.74) is 5.83. The van der Waals surface area contributed by atoms with Crippen LogP contribution < -0.4 is 5.73 Å². The Bertz CT molecular complexity index is 136. The van der Waals surface area contributed by atoms with Gasteiger partial charge in [-0.2, -0.15) is 0 Å². The van der Waals surface area contributed by atoms with Gasteiger partial charge >= 0.3 is 0 Å². The predicted octanol–water partition coefficient (Wildman–Crippen LogP) is 1.16. The summed E-state index contributed by atoms with van der Waals surface area (Å²) < 4.78 is 0. The molecule has 0 amide bonds. The molecular formula is C7H14N2. The molecule has 0 spiro atoms. The zero-order valence-electron chi connectivity index (χ0n) is 6.15. The van der Waals surface area contributed by atoms with Crippen LogP contribution in [0.15, 0.2) is 4.99 Å². The minimum atomic E-state index is 0.165. The average Bonchev–Trinajstić information content (AvgIpc) is 1.77. The van der Waals surface area contributed by atoms with E-state index in [-0.39, 0.29) is 5.41 Å².